The summed E-state index contributed by atoms with van der Waals surface area (Å²) in [4.78, 5) is 0. The Kier molecular flexibility index (Phi) is 4.28. The molecule has 0 bridgehead atoms. The standard InChI is InChI=1S/C15H20BrNO2/c16-13-4-5-14-15(19-8-2-7-18-14)12(13)9-11-3-1-6-17-10-11/h4-5,11,17H,1-3,6-10H2. The second kappa shape index (κ2) is 6.14. The zero-order valence-corrected chi connectivity index (χ0v) is 12.7. The highest BCUT2D eigenvalue weighted by Crippen LogP contribution is 2.39. The molecule has 0 aromatic heterocycles. The monoisotopic (exact) mass is 325 g/mol. The number of ether oxygens (including phenoxy) is 2. The van der Waals surface area contributed by atoms with E-state index < -0.39 is 0 Å². The molecular weight excluding hydrogens is 306 g/mol. The lowest BCUT2D eigenvalue weighted by Gasteiger charge is -2.24. The molecule has 0 radical (unpaired) electrons. The van der Waals surface area contributed by atoms with Crippen LogP contribution < -0.4 is 14.8 Å². The summed E-state index contributed by atoms with van der Waals surface area (Å²) in [5, 5.41) is 3.48. The van der Waals surface area contributed by atoms with E-state index in [1.54, 1.807) is 0 Å². The molecule has 2 aliphatic rings. The summed E-state index contributed by atoms with van der Waals surface area (Å²) in [7, 11) is 0. The summed E-state index contributed by atoms with van der Waals surface area (Å²) in [6, 6.07) is 4.09. The normalized spacial score (nSPS) is 22.9. The first-order valence-corrected chi connectivity index (χ1v) is 7.91. The molecule has 1 unspecified atom stereocenters. The maximum Gasteiger partial charge on any atom is 0.165 e. The summed E-state index contributed by atoms with van der Waals surface area (Å²) in [5.41, 5.74) is 1.27. The largest absolute Gasteiger partial charge is 0.490 e. The highest BCUT2D eigenvalue weighted by atomic mass is 79.9. The molecule has 1 saturated heterocycles. The number of rotatable bonds is 2. The van der Waals surface area contributed by atoms with Crippen molar-refractivity contribution >= 4 is 15.9 Å². The van der Waals surface area contributed by atoms with Crippen LogP contribution in [0.15, 0.2) is 16.6 Å². The summed E-state index contributed by atoms with van der Waals surface area (Å²) in [5.74, 6) is 2.56. The predicted molar refractivity (Wildman–Crippen MR) is 79.0 cm³/mol. The van der Waals surface area contributed by atoms with Crippen molar-refractivity contribution in [1.29, 1.82) is 0 Å². The van der Waals surface area contributed by atoms with E-state index >= 15 is 0 Å². The van der Waals surface area contributed by atoms with Crippen LogP contribution in [0.25, 0.3) is 0 Å². The topological polar surface area (TPSA) is 30.5 Å². The van der Waals surface area contributed by atoms with Crippen LogP contribution in [-0.2, 0) is 6.42 Å². The van der Waals surface area contributed by atoms with E-state index in [1.165, 1.54) is 18.4 Å². The van der Waals surface area contributed by atoms with E-state index in [9.17, 15) is 0 Å². The van der Waals surface area contributed by atoms with E-state index in [1.807, 2.05) is 6.07 Å². The Bertz CT molecular complexity index is 444. The number of fused-ring (bicyclic) bond motifs is 1. The molecule has 3 nitrogen and oxygen atoms in total. The van der Waals surface area contributed by atoms with Crippen LogP contribution in [-0.4, -0.2) is 26.3 Å². The lowest BCUT2D eigenvalue weighted by Crippen LogP contribution is -2.31. The molecule has 3 rings (SSSR count). The lowest BCUT2D eigenvalue weighted by molar-refractivity contribution is 0.294. The quantitative estimate of drug-likeness (QED) is 0.906. The molecule has 0 amide bonds. The van der Waals surface area contributed by atoms with Crippen molar-refractivity contribution < 1.29 is 9.47 Å². The number of piperidine rings is 1. The minimum atomic E-state index is 0.698. The van der Waals surface area contributed by atoms with Gasteiger partial charge in [-0.3, -0.25) is 0 Å². The summed E-state index contributed by atoms with van der Waals surface area (Å²) in [6.45, 7) is 3.76. The molecule has 1 aromatic carbocycles. The number of hydrogen-bond acceptors (Lipinski definition) is 3. The van der Waals surface area contributed by atoms with Gasteiger partial charge in [-0.05, 0) is 50.4 Å². The van der Waals surface area contributed by atoms with Crippen molar-refractivity contribution in [1.82, 2.24) is 5.32 Å². The molecular formula is C15H20BrNO2. The molecule has 1 atom stereocenters. The Morgan fingerprint density at radius 3 is 2.95 bits per heavy atom. The molecule has 0 aliphatic carbocycles. The molecule has 1 N–H and O–H groups in total. The van der Waals surface area contributed by atoms with Crippen molar-refractivity contribution in [3.05, 3.63) is 22.2 Å². The van der Waals surface area contributed by atoms with Crippen molar-refractivity contribution in [2.24, 2.45) is 5.92 Å². The molecule has 19 heavy (non-hydrogen) atoms. The van der Waals surface area contributed by atoms with Crippen LogP contribution in [0.1, 0.15) is 24.8 Å². The van der Waals surface area contributed by atoms with Gasteiger partial charge >= 0.3 is 0 Å². The van der Waals surface area contributed by atoms with Gasteiger partial charge in [0.1, 0.15) is 0 Å². The first-order chi connectivity index (χ1) is 9.34. The molecule has 1 aromatic rings. The van der Waals surface area contributed by atoms with Gasteiger partial charge < -0.3 is 14.8 Å². The Labute approximate surface area is 122 Å². The van der Waals surface area contributed by atoms with Gasteiger partial charge in [0.25, 0.3) is 0 Å². The van der Waals surface area contributed by atoms with Crippen LogP contribution in [0, 0.1) is 5.92 Å². The highest BCUT2D eigenvalue weighted by molar-refractivity contribution is 9.10. The maximum atomic E-state index is 5.93. The van der Waals surface area contributed by atoms with Crippen LogP contribution >= 0.6 is 15.9 Å². The first kappa shape index (κ1) is 13.3. The maximum absolute atomic E-state index is 5.93. The first-order valence-electron chi connectivity index (χ1n) is 7.12. The molecule has 0 spiro atoms. The molecule has 4 heteroatoms. The van der Waals surface area contributed by atoms with E-state index in [4.69, 9.17) is 9.47 Å². The minimum Gasteiger partial charge on any atom is -0.490 e. The average molecular weight is 326 g/mol. The molecule has 104 valence electrons. The molecule has 1 fully saturated rings. The zero-order chi connectivity index (χ0) is 13.1. The van der Waals surface area contributed by atoms with Gasteiger partial charge in [0, 0.05) is 16.5 Å². The van der Waals surface area contributed by atoms with Gasteiger partial charge in [-0.25, -0.2) is 0 Å². The minimum absolute atomic E-state index is 0.698. The Hall–Kier alpha value is -0.740. The third kappa shape index (κ3) is 3.06. The summed E-state index contributed by atoms with van der Waals surface area (Å²) >= 11 is 3.67. The van der Waals surface area contributed by atoms with Crippen LogP contribution in [0.3, 0.4) is 0 Å². The second-order valence-electron chi connectivity index (χ2n) is 5.32. The van der Waals surface area contributed by atoms with Crippen LogP contribution in [0.2, 0.25) is 0 Å². The van der Waals surface area contributed by atoms with Gasteiger partial charge in [0.2, 0.25) is 0 Å². The second-order valence-corrected chi connectivity index (χ2v) is 6.17. The Morgan fingerprint density at radius 2 is 2.11 bits per heavy atom. The molecule has 2 heterocycles. The molecule has 0 saturated carbocycles. The summed E-state index contributed by atoms with van der Waals surface area (Å²) in [6.07, 6.45) is 4.58. The third-order valence-corrected chi connectivity index (χ3v) is 4.59. The van der Waals surface area contributed by atoms with E-state index in [0.717, 1.165) is 55.1 Å². The Balaban J connectivity index is 1.86. The van der Waals surface area contributed by atoms with Crippen LogP contribution in [0.4, 0.5) is 0 Å². The van der Waals surface area contributed by atoms with E-state index in [-0.39, 0.29) is 0 Å². The van der Waals surface area contributed by atoms with Crippen molar-refractivity contribution in [3.63, 3.8) is 0 Å². The predicted octanol–water partition coefficient (Wildman–Crippen LogP) is 3.15. The SMILES string of the molecule is Brc1ccc2c(c1CC1CCCNC1)OCCCO2. The van der Waals surface area contributed by atoms with Crippen molar-refractivity contribution in [2.45, 2.75) is 25.7 Å². The van der Waals surface area contributed by atoms with Gasteiger partial charge in [0.05, 0.1) is 13.2 Å². The molecule has 2 aliphatic heterocycles. The lowest BCUT2D eigenvalue weighted by atomic mass is 9.92. The number of nitrogens with one attached hydrogen (secondary N) is 1. The fraction of sp³-hybridized carbons (Fsp3) is 0.600. The van der Waals surface area contributed by atoms with E-state index in [2.05, 4.69) is 27.3 Å². The average Bonchev–Trinajstić information content (AvgIpc) is 2.69. The van der Waals surface area contributed by atoms with Crippen molar-refractivity contribution in [2.75, 3.05) is 26.3 Å². The fourth-order valence-electron chi connectivity index (χ4n) is 2.85. The zero-order valence-electron chi connectivity index (χ0n) is 11.1. The smallest absolute Gasteiger partial charge is 0.165 e. The number of halogens is 1. The van der Waals surface area contributed by atoms with E-state index in [0.29, 0.717) is 5.92 Å². The van der Waals surface area contributed by atoms with Crippen LogP contribution in [0.5, 0.6) is 11.5 Å². The van der Waals surface area contributed by atoms with Gasteiger partial charge in [-0.15, -0.1) is 0 Å². The van der Waals surface area contributed by atoms with Gasteiger partial charge in [0.15, 0.2) is 11.5 Å². The Morgan fingerprint density at radius 1 is 1.21 bits per heavy atom. The van der Waals surface area contributed by atoms with Gasteiger partial charge in [-0.2, -0.15) is 0 Å². The third-order valence-electron chi connectivity index (χ3n) is 3.85. The van der Waals surface area contributed by atoms with Gasteiger partial charge in [-0.1, -0.05) is 15.9 Å². The summed E-state index contributed by atoms with van der Waals surface area (Å²) < 4.78 is 12.8. The fourth-order valence-corrected chi connectivity index (χ4v) is 3.32. The van der Waals surface area contributed by atoms with Crippen molar-refractivity contribution in [3.8, 4) is 11.5 Å². The number of hydrogen-bond donors (Lipinski definition) is 1. The number of benzene rings is 1. The highest BCUT2D eigenvalue weighted by Gasteiger charge is 2.21.